The van der Waals surface area contributed by atoms with Crippen molar-refractivity contribution in [2.45, 2.75) is 123 Å². The quantitative estimate of drug-likeness (QED) is 0.344. The molecule has 0 amide bonds. The Bertz CT molecular complexity index is 902. The Morgan fingerprint density at radius 1 is 0.686 bits per heavy atom. The minimum atomic E-state index is -0.547. The van der Waals surface area contributed by atoms with Crippen molar-refractivity contribution in [3.05, 3.63) is 0 Å². The van der Waals surface area contributed by atoms with Gasteiger partial charge in [0.25, 0.3) is 0 Å². The highest BCUT2D eigenvalue weighted by Crippen LogP contribution is 2.81. The molecule has 200 valence electrons. The highest BCUT2D eigenvalue weighted by atomic mass is 35.5. The van der Waals surface area contributed by atoms with Crippen LogP contribution in [0.5, 0.6) is 0 Å². The Hall–Kier alpha value is 0.830. The summed E-state index contributed by atoms with van der Waals surface area (Å²) in [6.07, 6.45) is 13.4. The van der Waals surface area contributed by atoms with Gasteiger partial charge in [0.15, 0.2) is 0 Å². The molecule has 4 heteroatoms. The van der Waals surface area contributed by atoms with Crippen LogP contribution in [-0.4, -0.2) is 21.4 Å². The molecule has 6 fully saturated rings. The lowest BCUT2D eigenvalue weighted by atomic mass is 9.32. The third kappa shape index (κ3) is 3.00. The summed E-state index contributed by atoms with van der Waals surface area (Å²) in [5.74, 6) is 4.18. The monoisotopic (exact) mass is 542 g/mol. The molecular weight excluding hydrogens is 495 g/mol. The zero-order valence-electron chi connectivity index (χ0n) is 23.0. The maximum absolute atomic E-state index is 11.0. The van der Waals surface area contributed by atoms with Crippen molar-refractivity contribution in [1.29, 1.82) is 0 Å². The summed E-state index contributed by atoms with van der Waals surface area (Å²) in [6.45, 7) is 15.1. The fraction of sp³-hybridized carbons (Fsp3) is 1.00. The second-order valence-electron chi connectivity index (χ2n) is 16.0. The Balaban J connectivity index is 1.39. The van der Waals surface area contributed by atoms with Crippen LogP contribution >= 0.6 is 34.8 Å². The van der Waals surface area contributed by atoms with E-state index in [1.54, 1.807) is 0 Å². The number of aliphatic hydroxyl groups is 1. The van der Waals surface area contributed by atoms with Crippen LogP contribution in [0.15, 0.2) is 0 Å². The lowest BCUT2D eigenvalue weighted by Gasteiger charge is -2.73. The molecule has 1 N–H and O–H groups in total. The van der Waals surface area contributed by atoms with E-state index in [-0.39, 0.29) is 22.3 Å². The summed E-state index contributed by atoms with van der Waals surface area (Å²) >= 11 is 20.6. The SMILES string of the molecule is CC1(C)[C@@H](O)CC[C@]2(C)[C@H]3CC[C@@H]4[C@H]5[C@H](C6(C)CC6(Cl)Cl)CC[C@]5(CCl)CC[C@@]4(C)[C@]3(C)CC[C@@H]12. The first-order chi connectivity index (χ1) is 16.1. The van der Waals surface area contributed by atoms with E-state index < -0.39 is 4.33 Å². The Morgan fingerprint density at radius 3 is 1.97 bits per heavy atom. The molecule has 0 radical (unpaired) electrons. The van der Waals surface area contributed by atoms with Crippen molar-refractivity contribution >= 4 is 34.8 Å². The van der Waals surface area contributed by atoms with Gasteiger partial charge in [0.2, 0.25) is 0 Å². The molecule has 6 rings (SSSR count). The first kappa shape index (κ1) is 26.1. The van der Waals surface area contributed by atoms with Crippen LogP contribution in [0.1, 0.15) is 112 Å². The Kier molecular flexibility index (Phi) is 5.60. The molecule has 0 spiro atoms. The molecular formula is C31H49Cl3O. The smallest absolute Gasteiger partial charge is 0.124 e. The highest BCUT2D eigenvalue weighted by molar-refractivity contribution is 6.51. The van der Waals surface area contributed by atoms with E-state index in [0.717, 1.165) is 30.6 Å². The van der Waals surface area contributed by atoms with Crippen molar-refractivity contribution in [3.8, 4) is 0 Å². The van der Waals surface area contributed by atoms with Crippen LogP contribution in [0.4, 0.5) is 0 Å². The molecule has 11 atom stereocenters. The Labute approximate surface area is 229 Å². The summed E-state index contributed by atoms with van der Waals surface area (Å²) in [6, 6.07) is 0. The molecule has 0 saturated heterocycles. The first-order valence-electron chi connectivity index (χ1n) is 14.7. The number of rotatable bonds is 2. The first-order valence-corrected chi connectivity index (χ1v) is 16.0. The lowest BCUT2D eigenvalue weighted by molar-refractivity contribution is -0.248. The van der Waals surface area contributed by atoms with E-state index in [0.29, 0.717) is 34.0 Å². The van der Waals surface area contributed by atoms with Crippen LogP contribution in [0, 0.1) is 62.1 Å². The standard InChI is InChI=1S/C31H49Cl3O/c1-25(2)21-10-13-28(5)22(26(21,3)12-11-23(25)35)8-7-19-24-20(29(6)17-31(29,33)34)9-14-30(24,18-32)16-15-27(19,28)4/h19-24,35H,7-18H2,1-6H3/t19-,20-,21+,22-,23+,24+,26+,27-,28-,29?,30-/m1/s1. The van der Waals surface area contributed by atoms with E-state index >= 15 is 0 Å². The number of alkyl halides is 3. The number of hydrogen-bond donors (Lipinski definition) is 1. The molecule has 0 heterocycles. The van der Waals surface area contributed by atoms with E-state index in [1.165, 1.54) is 57.8 Å². The van der Waals surface area contributed by atoms with Gasteiger partial charge < -0.3 is 5.11 Å². The topological polar surface area (TPSA) is 20.2 Å². The minimum absolute atomic E-state index is 0.0214. The molecule has 0 aromatic heterocycles. The molecule has 0 aliphatic heterocycles. The maximum atomic E-state index is 11.0. The minimum Gasteiger partial charge on any atom is -0.393 e. The normalized spacial score (nSPS) is 60.2. The van der Waals surface area contributed by atoms with Crippen molar-refractivity contribution < 1.29 is 5.11 Å². The number of aliphatic hydroxyl groups excluding tert-OH is 1. The van der Waals surface area contributed by atoms with Gasteiger partial charge in [0, 0.05) is 11.3 Å². The van der Waals surface area contributed by atoms with Crippen LogP contribution in [0.2, 0.25) is 0 Å². The van der Waals surface area contributed by atoms with Gasteiger partial charge in [-0.05, 0) is 127 Å². The Morgan fingerprint density at radius 2 is 1.34 bits per heavy atom. The molecule has 6 aliphatic rings. The predicted octanol–water partition coefficient (Wildman–Crippen LogP) is 9.25. The van der Waals surface area contributed by atoms with Crippen LogP contribution in [0.25, 0.3) is 0 Å². The average molecular weight is 544 g/mol. The van der Waals surface area contributed by atoms with Crippen LogP contribution < -0.4 is 0 Å². The van der Waals surface area contributed by atoms with Crippen molar-refractivity contribution in [3.63, 3.8) is 0 Å². The maximum Gasteiger partial charge on any atom is 0.124 e. The van der Waals surface area contributed by atoms with Gasteiger partial charge in [-0.15, -0.1) is 34.8 Å². The summed E-state index contributed by atoms with van der Waals surface area (Å²) < 4.78 is -0.547. The van der Waals surface area contributed by atoms with Gasteiger partial charge in [-0.25, -0.2) is 0 Å². The van der Waals surface area contributed by atoms with Crippen LogP contribution in [0.3, 0.4) is 0 Å². The fourth-order valence-electron chi connectivity index (χ4n) is 12.5. The second-order valence-corrected chi connectivity index (χ2v) is 17.8. The largest absolute Gasteiger partial charge is 0.393 e. The zero-order chi connectivity index (χ0) is 25.4. The van der Waals surface area contributed by atoms with Gasteiger partial charge in [-0.1, -0.05) is 41.5 Å². The van der Waals surface area contributed by atoms with E-state index in [2.05, 4.69) is 41.5 Å². The third-order valence-corrected chi connectivity index (χ3v) is 16.6. The van der Waals surface area contributed by atoms with Crippen LogP contribution in [-0.2, 0) is 0 Å². The predicted molar refractivity (Wildman–Crippen MR) is 148 cm³/mol. The molecule has 1 unspecified atom stereocenters. The van der Waals surface area contributed by atoms with Gasteiger partial charge in [-0.3, -0.25) is 0 Å². The van der Waals surface area contributed by atoms with Crippen molar-refractivity contribution in [2.24, 2.45) is 62.1 Å². The molecule has 6 saturated carbocycles. The molecule has 0 bridgehead atoms. The summed E-state index contributed by atoms with van der Waals surface area (Å²) in [5, 5.41) is 11.0. The fourth-order valence-corrected chi connectivity index (χ4v) is 13.8. The molecule has 6 aliphatic carbocycles. The lowest BCUT2D eigenvalue weighted by Crippen LogP contribution is -2.66. The molecule has 0 aromatic carbocycles. The van der Waals surface area contributed by atoms with Gasteiger partial charge in [0.1, 0.15) is 4.33 Å². The summed E-state index contributed by atoms with van der Waals surface area (Å²) in [5.41, 5.74) is 1.40. The third-order valence-electron chi connectivity index (χ3n) is 15.0. The van der Waals surface area contributed by atoms with Gasteiger partial charge in [-0.2, -0.15) is 0 Å². The number of hydrogen-bond acceptors (Lipinski definition) is 1. The zero-order valence-corrected chi connectivity index (χ0v) is 25.3. The number of fused-ring (bicyclic) bond motifs is 7. The highest BCUT2D eigenvalue weighted by Gasteiger charge is 2.75. The van der Waals surface area contributed by atoms with E-state index in [4.69, 9.17) is 34.8 Å². The summed E-state index contributed by atoms with van der Waals surface area (Å²) in [4.78, 5) is 0. The van der Waals surface area contributed by atoms with Crippen molar-refractivity contribution in [1.82, 2.24) is 0 Å². The van der Waals surface area contributed by atoms with E-state index in [9.17, 15) is 5.11 Å². The summed E-state index contributed by atoms with van der Waals surface area (Å²) in [7, 11) is 0. The molecule has 0 aromatic rings. The second kappa shape index (κ2) is 7.52. The molecule has 1 nitrogen and oxygen atoms in total. The number of halogens is 3. The van der Waals surface area contributed by atoms with Gasteiger partial charge in [0.05, 0.1) is 6.10 Å². The molecule has 35 heavy (non-hydrogen) atoms. The van der Waals surface area contributed by atoms with E-state index in [1.807, 2.05) is 0 Å². The van der Waals surface area contributed by atoms with Crippen molar-refractivity contribution in [2.75, 3.05) is 5.88 Å². The average Bonchev–Trinajstić information content (AvgIpc) is 3.12. The van der Waals surface area contributed by atoms with Gasteiger partial charge >= 0.3 is 0 Å².